The normalized spacial score (nSPS) is 23.3. The Morgan fingerprint density at radius 1 is 1.43 bits per heavy atom. The van der Waals surface area contributed by atoms with Crippen molar-refractivity contribution in [1.29, 1.82) is 0 Å². The lowest BCUT2D eigenvalue weighted by Gasteiger charge is -2.11. The summed E-state index contributed by atoms with van der Waals surface area (Å²) in [4.78, 5) is 0. The maximum Gasteiger partial charge on any atom is 0.113 e. The fourth-order valence-corrected chi connectivity index (χ4v) is 2.93. The first-order chi connectivity index (χ1) is 6.95. The Balaban J connectivity index is 1.73. The molecule has 0 bridgehead atoms. The third-order valence-corrected chi connectivity index (χ3v) is 3.96. The molecule has 78 valence electrons. The van der Waals surface area contributed by atoms with Gasteiger partial charge in [-0.25, -0.2) is 0 Å². The van der Waals surface area contributed by atoms with E-state index < -0.39 is 0 Å². The molecule has 0 amide bonds. The van der Waals surface area contributed by atoms with E-state index in [9.17, 15) is 0 Å². The first kappa shape index (κ1) is 10.1. The molecule has 1 fully saturated rings. The maximum atomic E-state index is 5.32. The van der Waals surface area contributed by atoms with Gasteiger partial charge in [-0.1, -0.05) is 0 Å². The Kier molecular flexibility index (Phi) is 3.95. The van der Waals surface area contributed by atoms with Gasteiger partial charge in [0.1, 0.15) is 5.76 Å². The van der Waals surface area contributed by atoms with Crippen LogP contribution in [0.5, 0.6) is 0 Å². The van der Waals surface area contributed by atoms with Crippen LogP contribution in [0.1, 0.15) is 25.0 Å². The van der Waals surface area contributed by atoms with Gasteiger partial charge in [-0.15, -0.1) is 0 Å². The van der Waals surface area contributed by atoms with Gasteiger partial charge >= 0.3 is 0 Å². The van der Waals surface area contributed by atoms with Crippen LogP contribution in [0.25, 0.3) is 0 Å². The summed E-state index contributed by atoms with van der Waals surface area (Å²) in [5.41, 5.74) is 0. The van der Waals surface area contributed by atoms with Crippen LogP contribution in [-0.2, 0) is 5.75 Å². The molecule has 14 heavy (non-hydrogen) atoms. The summed E-state index contributed by atoms with van der Waals surface area (Å²) in [6, 6.07) is 4.02. The molecule has 2 heterocycles. The topological polar surface area (TPSA) is 25.2 Å². The smallest absolute Gasteiger partial charge is 0.113 e. The van der Waals surface area contributed by atoms with Crippen LogP contribution in [0.2, 0.25) is 0 Å². The van der Waals surface area contributed by atoms with E-state index in [1.807, 2.05) is 17.8 Å². The van der Waals surface area contributed by atoms with Crippen molar-refractivity contribution in [2.75, 3.05) is 13.1 Å². The van der Waals surface area contributed by atoms with Crippen molar-refractivity contribution < 1.29 is 4.42 Å². The van der Waals surface area contributed by atoms with E-state index in [0.29, 0.717) is 0 Å². The highest BCUT2D eigenvalue weighted by atomic mass is 32.2. The number of rotatable bonds is 3. The predicted octanol–water partition coefficient (Wildman–Crippen LogP) is 2.65. The highest BCUT2D eigenvalue weighted by molar-refractivity contribution is 7.99. The van der Waals surface area contributed by atoms with Crippen molar-refractivity contribution in [2.24, 2.45) is 0 Å². The molecule has 0 radical (unpaired) electrons. The number of furan rings is 1. The molecule has 1 atom stereocenters. The molecule has 3 heteroatoms. The second-order valence-corrected chi connectivity index (χ2v) is 4.98. The van der Waals surface area contributed by atoms with Gasteiger partial charge in [0, 0.05) is 5.25 Å². The van der Waals surface area contributed by atoms with E-state index in [-0.39, 0.29) is 0 Å². The summed E-state index contributed by atoms with van der Waals surface area (Å²) in [5, 5.41) is 4.25. The van der Waals surface area contributed by atoms with Crippen molar-refractivity contribution in [3.8, 4) is 0 Å². The van der Waals surface area contributed by atoms with E-state index in [1.165, 1.54) is 32.4 Å². The maximum absolute atomic E-state index is 5.32. The van der Waals surface area contributed by atoms with Crippen molar-refractivity contribution in [2.45, 2.75) is 30.3 Å². The Hall–Kier alpha value is -0.410. The number of nitrogens with one attached hydrogen (secondary N) is 1. The van der Waals surface area contributed by atoms with E-state index >= 15 is 0 Å². The Labute approximate surface area is 89.4 Å². The van der Waals surface area contributed by atoms with E-state index in [0.717, 1.165) is 16.8 Å². The van der Waals surface area contributed by atoms with E-state index in [2.05, 4.69) is 11.4 Å². The summed E-state index contributed by atoms with van der Waals surface area (Å²) in [5.74, 6) is 2.13. The molecule has 0 saturated carbocycles. The van der Waals surface area contributed by atoms with Crippen LogP contribution in [0.3, 0.4) is 0 Å². The molecule has 1 aromatic rings. The van der Waals surface area contributed by atoms with E-state index in [1.54, 1.807) is 6.26 Å². The molecule has 2 nitrogen and oxygen atoms in total. The van der Waals surface area contributed by atoms with Gasteiger partial charge in [-0.3, -0.25) is 0 Å². The third kappa shape index (κ3) is 3.07. The lowest BCUT2D eigenvalue weighted by molar-refractivity contribution is 0.530. The molecule has 1 aliphatic heterocycles. The van der Waals surface area contributed by atoms with Crippen molar-refractivity contribution in [1.82, 2.24) is 5.32 Å². The van der Waals surface area contributed by atoms with Crippen LogP contribution in [0, 0.1) is 0 Å². The highest BCUT2D eigenvalue weighted by Crippen LogP contribution is 2.24. The zero-order chi connectivity index (χ0) is 9.64. The number of thioether (sulfide) groups is 1. The van der Waals surface area contributed by atoms with Crippen LogP contribution >= 0.6 is 11.8 Å². The molecule has 1 N–H and O–H groups in total. The first-order valence-electron chi connectivity index (χ1n) is 5.30. The van der Waals surface area contributed by atoms with Crippen LogP contribution < -0.4 is 5.32 Å². The molecule has 1 unspecified atom stereocenters. The van der Waals surface area contributed by atoms with Crippen LogP contribution in [-0.4, -0.2) is 18.3 Å². The van der Waals surface area contributed by atoms with Crippen molar-refractivity contribution in [3.63, 3.8) is 0 Å². The minimum atomic E-state index is 0.815. The zero-order valence-electron chi connectivity index (χ0n) is 8.37. The van der Waals surface area contributed by atoms with Gasteiger partial charge in [0.2, 0.25) is 0 Å². The minimum Gasteiger partial charge on any atom is -0.468 e. The lowest BCUT2D eigenvalue weighted by Crippen LogP contribution is -2.14. The zero-order valence-corrected chi connectivity index (χ0v) is 9.19. The molecule has 0 aliphatic carbocycles. The van der Waals surface area contributed by atoms with Crippen molar-refractivity contribution in [3.05, 3.63) is 24.2 Å². The van der Waals surface area contributed by atoms with Gasteiger partial charge in [0.05, 0.1) is 12.0 Å². The van der Waals surface area contributed by atoms with Crippen LogP contribution in [0.4, 0.5) is 0 Å². The third-order valence-electron chi connectivity index (χ3n) is 2.56. The summed E-state index contributed by atoms with van der Waals surface area (Å²) < 4.78 is 5.32. The van der Waals surface area contributed by atoms with Gasteiger partial charge in [0.15, 0.2) is 0 Å². The molecular weight excluding hydrogens is 194 g/mol. The largest absolute Gasteiger partial charge is 0.468 e. The number of hydrogen-bond donors (Lipinski definition) is 1. The fourth-order valence-electron chi connectivity index (χ4n) is 1.75. The Morgan fingerprint density at radius 2 is 2.43 bits per heavy atom. The molecule has 2 rings (SSSR count). The van der Waals surface area contributed by atoms with Gasteiger partial charge in [-0.05, 0) is 44.5 Å². The molecule has 1 aromatic heterocycles. The van der Waals surface area contributed by atoms with Gasteiger partial charge in [0.25, 0.3) is 0 Å². The molecule has 0 aromatic carbocycles. The standard InChI is InChI=1S/C11H17NOS/c1-4-11(5-7-12-6-1)14-9-10-3-2-8-13-10/h2-3,8,11-12H,1,4-7,9H2. The average molecular weight is 211 g/mol. The molecule has 1 aliphatic rings. The lowest BCUT2D eigenvalue weighted by atomic mass is 10.2. The summed E-state index contributed by atoms with van der Waals surface area (Å²) in [7, 11) is 0. The summed E-state index contributed by atoms with van der Waals surface area (Å²) in [6.45, 7) is 2.37. The summed E-state index contributed by atoms with van der Waals surface area (Å²) >= 11 is 2.03. The van der Waals surface area contributed by atoms with E-state index in [4.69, 9.17) is 4.42 Å². The molecular formula is C11H17NOS. The van der Waals surface area contributed by atoms with Gasteiger partial charge < -0.3 is 9.73 Å². The molecule has 0 spiro atoms. The second kappa shape index (κ2) is 5.47. The summed E-state index contributed by atoms with van der Waals surface area (Å²) in [6.07, 6.45) is 5.71. The monoisotopic (exact) mass is 211 g/mol. The van der Waals surface area contributed by atoms with Gasteiger partial charge in [-0.2, -0.15) is 11.8 Å². The first-order valence-corrected chi connectivity index (χ1v) is 6.35. The Morgan fingerprint density at radius 3 is 3.29 bits per heavy atom. The quantitative estimate of drug-likeness (QED) is 0.832. The number of hydrogen-bond acceptors (Lipinski definition) is 3. The SMILES string of the molecule is c1coc(CSC2CCCNCC2)c1. The van der Waals surface area contributed by atoms with Crippen LogP contribution in [0.15, 0.2) is 22.8 Å². The fraction of sp³-hybridized carbons (Fsp3) is 0.636. The second-order valence-electron chi connectivity index (χ2n) is 3.69. The molecule has 1 saturated heterocycles. The Bertz CT molecular complexity index is 240. The highest BCUT2D eigenvalue weighted by Gasteiger charge is 2.12. The van der Waals surface area contributed by atoms with Crippen molar-refractivity contribution >= 4 is 11.8 Å². The average Bonchev–Trinajstić information content (AvgIpc) is 2.58. The predicted molar refractivity (Wildman–Crippen MR) is 60.5 cm³/mol. The minimum absolute atomic E-state index is 0.815.